The van der Waals surface area contributed by atoms with Crippen LogP contribution in [0.1, 0.15) is 30.9 Å². The van der Waals surface area contributed by atoms with E-state index in [1.807, 2.05) is 12.1 Å². The second-order valence-corrected chi connectivity index (χ2v) is 3.57. The van der Waals surface area contributed by atoms with Gasteiger partial charge in [0.15, 0.2) is 0 Å². The van der Waals surface area contributed by atoms with Gasteiger partial charge in [0.2, 0.25) is 0 Å². The van der Waals surface area contributed by atoms with Gasteiger partial charge in [-0.1, -0.05) is 13.8 Å². The Bertz CT molecular complexity index is 366. The Balaban J connectivity index is 3.37. The van der Waals surface area contributed by atoms with E-state index < -0.39 is 0 Å². The van der Waals surface area contributed by atoms with Crippen LogP contribution in [0.15, 0.2) is 12.1 Å². The van der Waals surface area contributed by atoms with E-state index in [0.717, 1.165) is 5.56 Å². The Hall–Kier alpha value is -1.69. The van der Waals surface area contributed by atoms with Crippen LogP contribution in [-0.2, 0) is 0 Å². The van der Waals surface area contributed by atoms with Crippen molar-refractivity contribution in [1.29, 1.82) is 5.26 Å². The summed E-state index contributed by atoms with van der Waals surface area (Å²) in [6.07, 6.45) is 0. The Morgan fingerprint density at radius 3 is 1.87 bits per heavy atom. The molecular formula is C12H15NO2. The van der Waals surface area contributed by atoms with E-state index >= 15 is 0 Å². The van der Waals surface area contributed by atoms with Gasteiger partial charge in [0.25, 0.3) is 0 Å². The maximum atomic E-state index is 8.98. The van der Waals surface area contributed by atoms with Gasteiger partial charge in [-0.3, -0.25) is 0 Å². The highest BCUT2D eigenvalue weighted by Gasteiger charge is 2.13. The molecule has 0 aliphatic rings. The van der Waals surface area contributed by atoms with E-state index in [1.165, 1.54) is 0 Å². The van der Waals surface area contributed by atoms with Gasteiger partial charge in [-0.25, -0.2) is 0 Å². The number of methoxy groups -OCH3 is 2. The standard InChI is InChI=1S/C12H15NO2/c1-8(2)9-5-11(14-3)10(7-13)12(6-9)15-4/h5-6,8H,1-4H3. The predicted octanol–water partition coefficient (Wildman–Crippen LogP) is 2.70. The molecule has 0 saturated heterocycles. The first-order chi connectivity index (χ1) is 7.13. The van der Waals surface area contributed by atoms with Crippen molar-refractivity contribution in [3.8, 4) is 17.6 Å². The van der Waals surface area contributed by atoms with Gasteiger partial charge in [0.1, 0.15) is 23.1 Å². The maximum absolute atomic E-state index is 8.98. The Labute approximate surface area is 90.2 Å². The molecular weight excluding hydrogens is 190 g/mol. The molecule has 0 fully saturated rings. The third kappa shape index (κ3) is 2.21. The molecule has 1 aromatic carbocycles. The lowest BCUT2D eigenvalue weighted by atomic mass is 10.0. The molecule has 0 aliphatic heterocycles. The largest absolute Gasteiger partial charge is 0.495 e. The van der Waals surface area contributed by atoms with Crippen LogP contribution in [0.3, 0.4) is 0 Å². The monoisotopic (exact) mass is 205 g/mol. The predicted molar refractivity (Wildman–Crippen MR) is 58.4 cm³/mol. The summed E-state index contributed by atoms with van der Waals surface area (Å²) in [7, 11) is 3.11. The number of nitriles is 1. The van der Waals surface area contributed by atoms with Crippen LogP contribution in [0.2, 0.25) is 0 Å². The number of nitrogens with zero attached hydrogens (tertiary/aromatic N) is 1. The molecule has 80 valence electrons. The zero-order valence-electron chi connectivity index (χ0n) is 9.50. The van der Waals surface area contributed by atoms with Crippen LogP contribution in [-0.4, -0.2) is 14.2 Å². The molecule has 0 spiro atoms. The van der Waals surface area contributed by atoms with Crippen LogP contribution in [0, 0.1) is 11.3 Å². The first kappa shape index (κ1) is 11.4. The highest BCUT2D eigenvalue weighted by atomic mass is 16.5. The summed E-state index contributed by atoms with van der Waals surface area (Å²) in [5.41, 5.74) is 1.55. The minimum absolute atomic E-state index is 0.376. The van der Waals surface area contributed by atoms with Crippen LogP contribution in [0.4, 0.5) is 0 Å². The fourth-order valence-corrected chi connectivity index (χ4v) is 1.38. The van der Waals surface area contributed by atoms with E-state index in [1.54, 1.807) is 14.2 Å². The fourth-order valence-electron chi connectivity index (χ4n) is 1.38. The lowest BCUT2D eigenvalue weighted by molar-refractivity contribution is 0.390. The molecule has 0 N–H and O–H groups in total. The summed E-state index contributed by atoms with van der Waals surface area (Å²) in [5, 5.41) is 8.98. The number of rotatable bonds is 3. The number of benzene rings is 1. The lowest BCUT2D eigenvalue weighted by Crippen LogP contribution is -1.97. The Morgan fingerprint density at radius 2 is 1.60 bits per heavy atom. The molecule has 15 heavy (non-hydrogen) atoms. The molecule has 0 atom stereocenters. The van der Waals surface area contributed by atoms with Crippen molar-refractivity contribution < 1.29 is 9.47 Å². The SMILES string of the molecule is COc1cc(C(C)C)cc(OC)c1C#N. The summed E-state index contributed by atoms with van der Waals surface area (Å²) >= 11 is 0. The molecule has 0 amide bonds. The topological polar surface area (TPSA) is 42.2 Å². The molecule has 0 radical (unpaired) electrons. The molecule has 0 aliphatic carbocycles. The second-order valence-electron chi connectivity index (χ2n) is 3.57. The number of ether oxygens (including phenoxy) is 2. The molecule has 0 unspecified atom stereocenters. The van der Waals surface area contributed by atoms with Crippen molar-refractivity contribution in [3.05, 3.63) is 23.3 Å². The van der Waals surface area contributed by atoms with Crippen molar-refractivity contribution in [2.45, 2.75) is 19.8 Å². The average Bonchev–Trinajstić information content (AvgIpc) is 2.26. The fraction of sp³-hybridized carbons (Fsp3) is 0.417. The van der Waals surface area contributed by atoms with E-state index in [9.17, 15) is 0 Å². The van der Waals surface area contributed by atoms with E-state index in [0.29, 0.717) is 23.0 Å². The van der Waals surface area contributed by atoms with E-state index in [-0.39, 0.29) is 0 Å². The third-order valence-corrected chi connectivity index (χ3v) is 2.31. The van der Waals surface area contributed by atoms with Gasteiger partial charge in [-0.15, -0.1) is 0 Å². The summed E-state index contributed by atoms with van der Waals surface area (Å²) in [6, 6.07) is 5.84. The molecule has 0 aromatic heterocycles. The Morgan fingerprint density at radius 1 is 1.13 bits per heavy atom. The minimum Gasteiger partial charge on any atom is -0.495 e. The number of hydrogen-bond donors (Lipinski definition) is 0. The summed E-state index contributed by atoms with van der Waals surface area (Å²) in [6.45, 7) is 4.17. The van der Waals surface area contributed by atoms with Gasteiger partial charge in [-0.05, 0) is 23.6 Å². The van der Waals surface area contributed by atoms with Crippen molar-refractivity contribution in [1.82, 2.24) is 0 Å². The zero-order valence-corrected chi connectivity index (χ0v) is 9.50. The third-order valence-electron chi connectivity index (χ3n) is 2.31. The molecule has 0 bridgehead atoms. The van der Waals surface area contributed by atoms with Crippen LogP contribution >= 0.6 is 0 Å². The molecule has 1 aromatic rings. The average molecular weight is 205 g/mol. The van der Waals surface area contributed by atoms with Crippen molar-refractivity contribution >= 4 is 0 Å². The second kappa shape index (κ2) is 4.70. The first-order valence-corrected chi connectivity index (χ1v) is 4.80. The summed E-state index contributed by atoms with van der Waals surface area (Å²) in [5.74, 6) is 1.52. The molecule has 0 heterocycles. The van der Waals surface area contributed by atoms with Crippen LogP contribution in [0.25, 0.3) is 0 Å². The molecule has 1 rings (SSSR count). The lowest BCUT2D eigenvalue weighted by Gasteiger charge is -2.12. The normalized spacial score (nSPS) is 9.87. The van der Waals surface area contributed by atoms with Gasteiger partial charge < -0.3 is 9.47 Å². The van der Waals surface area contributed by atoms with Gasteiger partial charge >= 0.3 is 0 Å². The minimum atomic E-state index is 0.376. The van der Waals surface area contributed by atoms with Crippen LogP contribution in [0.5, 0.6) is 11.5 Å². The Kier molecular flexibility index (Phi) is 3.56. The highest BCUT2D eigenvalue weighted by molar-refractivity contribution is 5.55. The highest BCUT2D eigenvalue weighted by Crippen LogP contribution is 2.32. The summed E-state index contributed by atoms with van der Waals surface area (Å²) in [4.78, 5) is 0. The molecule has 3 heteroatoms. The van der Waals surface area contributed by atoms with Gasteiger partial charge in [-0.2, -0.15) is 5.26 Å². The van der Waals surface area contributed by atoms with Crippen molar-refractivity contribution in [2.24, 2.45) is 0 Å². The first-order valence-electron chi connectivity index (χ1n) is 4.80. The molecule has 0 saturated carbocycles. The van der Waals surface area contributed by atoms with Crippen LogP contribution < -0.4 is 9.47 Å². The van der Waals surface area contributed by atoms with Crippen molar-refractivity contribution in [3.63, 3.8) is 0 Å². The van der Waals surface area contributed by atoms with Gasteiger partial charge in [0, 0.05) is 0 Å². The number of hydrogen-bond acceptors (Lipinski definition) is 3. The summed E-state index contributed by atoms with van der Waals surface area (Å²) < 4.78 is 10.3. The smallest absolute Gasteiger partial charge is 0.140 e. The van der Waals surface area contributed by atoms with Gasteiger partial charge in [0.05, 0.1) is 14.2 Å². The zero-order chi connectivity index (χ0) is 11.4. The quantitative estimate of drug-likeness (QED) is 0.761. The molecule has 3 nitrogen and oxygen atoms in total. The maximum Gasteiger partial charge on any atom is 0.140 e. The van der Waals surface area contributed by atoms with Crippen molar-refractivity contribution in [2.75, 3.05) is 14.2 Å². The van der Waals surface area contributed by atoms with E-state index in [4.69, 9.17) is 14.7 Å². The van der Waals surface area contributed by atoms with E-state index in [2.05, 4.69) is 19.9 Å².